The van der Waals surface area contributed by atoms with Gasteiger partial charge in [0.2, 0.25) is 11.9 Å². The van der Waals surface area contributed by atoms with Gasteiger partial charge in [-0.2, -0.15) is 4.98 Å². The maximum atomic E-state index is 12.8. The van der Waals surface area contributed by atoms with Crippen molar-refractivity contribution in [3.05, 3.63) is 48.0 Å². The number of carbonyl (C=O) groups is 2. The van der Waals surface area contributed by atoms with Gasteiger partial charge in [0.15, 0.2) is 0 Å². The Morgan fingerprint density at radius 1 is 1.18 bits per heavy atom. The normalized spacial score (nSPS) is 12.3. The van der Waals surface area contributed by atoms with Crippen molar-refractivity contribution in [2.45, 2.75) is 18.7 Å². The van der Waals surface area contributed by atoms with E-state index in [0.29, 0.717) is 35.4 Å². The van der Waals surface area contributed by atoms with Crippen LogP contribution >= 0.6 is 11.3 Å². The Morgan fingerprint density at radius 2 is 1.94 bits per heavy atom. The van der Waals surface area contributed by atoms with Gasteiger partial charge in [-0.25, -0.2) is 14.0 Å². The molecule has 180 valence electrons. The van der Waals surface area contributed by atoms with Crippen molar-refractivity contribution in [1.82, 2.24) is 15.3 Å². The smallest absolute Gasteiger partial charge is 0.442 e. The molecule has 0 aliphatic rings. The molecule has 1 atom stereocenters. The van der Waals surface area contributed by atoms with E-state index in [9.17, 15) is 13.8 Å². The molecule has 1 aromatic carbocycles. The molecule has 10 nitrogen and oxygen atoms in total. The van der Waals surface area contributed by atoms with Crippen LogP contribution in [0.1, 0.15) is 13.8 Å². The third-order valence-electron chi connectivity index (χ3n) is 4.43. The van der Waals surface area contributed by atoms with Crippen molar-refractivity contribution < 1.29 is 18.5 Å². The molecule has 0 radical (unpaired) electrons. The summed E-state index contributed by atoms with van der Waals surface area (Å²) in [6, 6.07) is 10.6. The van der Waals surface area contributed by atoms with Gasteiger partial charge in [-0.3, -0.25) is 4.79 Å². The number of amides is 2. The second-order valence-electron chi connectivity index (χ2n) is 7.09. The number of rotatable bonds is 9. The number of nitrogens with one attached hydrogen (secondary N) is 3. The van der Waals surface area contributed by atoms with Crippen LogP contribution in [0.4, 0.5) is 22.2 Å². The van der Waals surface area contributed by atoms with E-state index in [1.165, 1.54) is 13.2 Å². The van der Waals surface area contributed by atoms with Crippen LogP contribution < -0.4 is 16.0 Å². The molecule has 2 aromatic heterocycles. The SMILES string of the molecule is CCOC(=O)N=S(C)(=O)c1ccc(Nc2ncc(-c3cccs3)c(NCCNC(C)=O)n2)cc1. The molecule has 0 aliphatic carbocycles. The second kappa shape index (κ2) is 11.6. The fourth-order valence-electron chi connectivity index (χ4n) is 2.87. The first-order valence-electron chi connectivity index (χ1n) is 10.4. The van der Waals surface area contributed by atoms with Crippen molar-refractivity contribution in [2.24, 2.45) is 4.36 Å². The molecule has 12 heteroatoms. The summed E-state index contributed by atoms with van der Waals surface area (Å²) in [5.41, 5.74) is 1.52. The number of benzene rings is 1. The highest BCUT2D eigenvalue weighted by molar-refractivity contribution is 7.93. The Morgan fingerprint density at radius 3 is 2.59 bits per heavy atom. The topological polar surface area (TPSA) is 135 Å². The minimum absolute atomic E-state index is 0.0974. The minimum Gasteiger partial charge on any atom is -0.448 e. The van der Waals surface area contributed by atoms with E-state index in [1.807, 2.05) is 17.5 Å². The first kappa shape index (κ1) is 25.1. The van der Waals surface area contributed by atoms with Crippen LogP contribution in [0.15, 0.2) is 57.2 Å². The number of carbonyl (C=O) groups excluding carboxylic acids is 2. The molecule has 3 aromatic rings. The maximum Gasteiger partial charge on any atom is 0.442 e. The summed E-state index contributed by atoms with van der Waals surface area (Å²) < 4.78 is 21.2. The number of hydrogen-bond acceptors (Lipinski definition) is 9. The number of aromatic nitrogens is 2. The molecular weight excluding hydrogens is 476 g/mol. The highest BCUT2D eigenvalue weighted by Gasteiger charge is 2.12. The van der Waals surface area contributed by atoms with Gasteiger partial charge in [0.25, 0.3) is 0 Å². The monoisotopic (exact) mass is 502 g/mol. The highest BCUT2D eigenvalue weighted by Crippen LogP contribution is 2.31. The van der Waals surface area contributed by atoms with Crippen molar-refractivity contribution in [3.8, 4) is 10.4 Å². The van der Waals surface area contributed by atoms with Gasteiger partial charge < -0.3 is 20.7 Å². The number of ether oxygens (including phenoxy) is 1. The summed E-state index contributed by atoms with van der Waals surface area (Å²) in [5, 5.41) is 11.1. The zero-order valence-electron chi connectivity index (χ0n) is 19.0. The third kappa shape index (κ3) is 6.99. The van der Waals surface area contributed by atoms with Gasteiger partial charge >= 0.3 is 6.09 Å². The largest absolute Gasteiger partial charge is 0.448 e. The Balaban J connectivity index is 1.78. The molecule has 0 bridgehead atoms. The lowest BCUT2D eigenvalue weighted by molar-refractivity contribution is -0.118. The summed E-state index contributed by atoms with van der Waals surface area (Å²) in [4.78, 5) is 33.1. The van der Waals surface area contributed by atoms with Crippen molar-refractivity contribution in [1.29, 1.82) is 0 Å². The van der Waals surface area contributed by atoms with E-state index < -0.39 is 15.8 Å². The lowest BCUT2D eigenvalue weighted by Crippen LogP contribution is -2.26. The van der Waals surface area contributed by atoms with Gasteiger partial charge in [-0.05, 0) is 42.6 Å². The predicted molar refractivity (Wildman–Crippen MR) is 134 cm³/mol. The summed E-state index contributed by atoms with van der Waals surface area (Å²) in [7, 11) is -2.93. The number of hydrogen-bond donors (Lipinski definition) is 3. The van der Waals surface area contributed by atoms with Crippen LogP contribution in [0.5, 0.6) is 0 Å². The Hall–Kier alpha value is -3.51. The average Bonchev–Trinajstić information content (AvgIpc) is 3.32. The molecule has 0 fully saturated rings. The minimum atomic E-state index is -2.93. The van der Waals surface area contributed by atoms with E-state index >= 15 is 0 Å². The summed E-state index contributed by atoms with van der Waals surface area (Å²) in [5.74, 6) is 0.898. The number of thiophene rings is 1. The molecule has 0 spiro atoms. The van der Waals surface area contributed by atoms with Crippen molar-refractivity contribution in [3.63, 3.8) is 0 Å². The second-order valence-corrected chi connectivity index (χ2v) is 10.3. The van der Waals surface area contributed by atoms with Crippen LogP contribution in [0.3, 0.4) is 0 Å². The van der Waals surface area contributed by atoms with Crippen LogP contribution in [0.2, 0.25) is 0 Å². The molecule has 2 heterocycles. The van der Waals surface area contributed by atoms with Gasteiger partial charge in [0, 0.05) is 47.9 Å². The summed E-state index contributed by atoms with van der Waals surface area (Å²) >= 11 is 1.58. The van der Waals surface area contributed by atoms with E-state index in [-0.39, 0.29) is 12.5 Å². The van der Waals surface area contributed by atoms with Crippen LogP contribution in [0, 0.1) is 0 Å². The van der Waals surface area contributed by atoms with Crippen LogP contribution in [-0.4, -0.2) is 52.1 Å². The van der Waals surface area contributed by atoms with Crippen molar-refractivity contribution in [2.75, 3.05) is 36.6 Å². The summed E-state index contributed by atoms with van der Waals surface area (Å²) in [6.45, 7) is 4.25. The highest BCUT2D eigenvalue weighted by atomic mass is 32.2. The fourth-order valence-corrected chi connectivity index (χ4v) is 4.69. The van der Waals surface area contributed by atoms with E-state index in [2.05, 4.69) is 30.3 Å². The van der Waals surface area contributed by atoms with Gasteiger partial charge in [0.1, 0.15) is 5.82 Å². The zero-order chi connectivity index (χ0) is 24.6. The molecular formula is C22H26N6O4S2. The Kier molecular flexibility index (Phi) is 8.55. The molecule has 2 amide bonds. The Labute approximate surface area is 202 Å². The lowest BCUT2D eigenvalue weighted by atomic mass is 10.2. The molecule has 0 saturated carbocycles. The lowest BCUT2D eigenvalue weighted by Gasteiger charge is -2.13. The van der Waals surface area contributed by atoms with Crippen molar-refractivity contribution >= 4 is 50.5 Å². The zero-order valence-corrected chi connectivity index (χ0v) is 20.7. The average molecular weight is 503 g/mol. The van der Waals surface area contributed by atoms with Crippen LogP contribution in [-0.2, 0) is 19.3 Å². The first-order valence-corrected chi connectivity index (χ1v) is 13.2. The fraction of sp³-hybridized carbons (Fsp3) is 0.273. The van der Waals surface area contributed by atoms with E-state index in [1.54, 1.807) is 48.7 Å². The van der Waals surface area contributed by atoms with E-state index in [0.717, 1.165) is 10.4 Å². The molecule has 0 saturated heterocycles. The Bertz CT molecular complexity index is 1250. The number of nitrogens with zero attached hydrogens (tertiary/aromatic N) is 3. The van der Waals surface area contributed by atoms with E-state index in [4.69, 9.17) is 4.74 Å². The quantitative estimate of drug-likeness (QED) is 0.372. The predicted octanol–water partition coefficient (Wildman–Crippen LogP) is 4.11. The third-order valence-corrected chi connectivity index (χ3v) is 6.98. The molecule has 34 heavy (non-hydrogen) atoms. The number of anilines is 3. The first-order chi connectivity index (χ1) is 16.3. The molecule has 0 aliphatic heterocycles. The maximum absolute atomic E-state index is 12.8. The van der Waals surface area contributed by atoms with Gasteiger partial charge in [0.05, 0.1) is 21.9 Å². The molecule has 3 rings (SSSR count). The molecule has 3 N–H and O–H groups in total. The van der Waals surface area contributed by atoms with Gasteiger partial charge in [-0.1, -0.05) is 6.07 Å². The molecule has 1 unspecified atom stereocenters. The van der Waals surface area contributed by atoms with Gasteiger partial charge in [-0.15, -0.1) is 15.7 Å². The standard InChI is InChI=1S/C22H26N6O4S2/c1-4-32-22(30)28-34(3,31)17-9-7-16(8-10-17)26-21-25-14-18(19-6-5-13-33-19)20(27-21)24-12-11-23-15(2)29/h5-10,13-14H,4,11-12H2,1-3H3,(H,23,29)(H2,24,25,26,27). The summed E-state index contributed by atoms with van der Waals surface area (Å²) in [6.07, 6.45) is 2.26. The van der Waals surface area contributed by atoms with Crippen LogP contribution in [0.25, 0.3) is 10.4 Å².